The predicted octanol–water partition coefficient (Wildman–Crippen LogP) is 13.3. The molecule has 0 radical (unpaired) electrons. The van der Waals surface area contributed by atoms with Crippen LogP contribution in [0.2, 0.25) is 0 Å². The van der Waals surface area contributed by atoms with Crippen LogP contribution >= 0.6 is 109 Å². The third-order valence-electron chi connectivity index (χ3n) is 15.1. The van der Waals surface area contributed by atoms with Gasteiger partial charge in [-0.1, -0.05) is 115 Å². The number of ether oxygens (including phenoxy) is 4. The number of likely N-dealkylation sites (N-methyl/N-ethyl adjacent to an activating group) is 2. The summed E-state index contributed by atoms with van der Waals surface area (Å²) in [7, 11) is 9.82. The molecule has 0 spiro atoms. The summed E-state index contributed by atoms with van der Waals surface area (Å²) in [5.41, 5.74) is 11.1. The maximum absolute atomic E-state index is 12.9. The zero-order valence-corrected chi connectivity index (χ0v) is 79.2. The van der Waals surface area contributed by atoms with Crippen molar-refractivity contribution < 1.29 is 104 Å². The molecule has 14 N–H and O–H groups in total. The minimum atomic E-state index is -4.49. The number of hydrogen-bond donors (Lipinski definition) is 10. The maximum atomic E-state index is 12.9. The van der Waals surface area contributed by atoms with E-state index in [1.807, 2.05) is 67.5 Å². The van der Waals surface area contributed by atoms with E-state index in [-0.39, 0.29) is 169 Å². The van der Waals surface area contributed by atoms with Crippen LogP contribution in [-0.4, -0.2) is 160 Å². The molecule has 5 amide bonds. The molecule has 644 valence electrons. The van der Waals surface area contributed by atoms with Crippen LogP contribution < -0.4 is 103 Å². The van der Waals surface area contributed by atoms with E-state index >= 15 is 0 Å². The molecule has 0 aromatic carbocycles. The number of nitrogens with two attached hydrogens (primary N) is 3. The second-order valence-corrected chi connectivity index (χ2v) is 34.4. The largest absolute Gasteiger partial charge is 1.00 e. The first-order chi connectivity index (χ1) is 54.9. The van der Waals surface area contributed by atoms with E-state index in [0.29, 0.717) is 80.7 Å². The zero-order chi connectivity index (χ0) is 87.5. The molecule has 0 bridgehead atoms. The fraction of sp³-hybridized carbons (Fsp3) is 0.431. The van der Waals surface area contributed by atoms with Gasteiger partial charge >= 0.3 is 40.6 Å². The van der Waals surface area contributed by atoms with Crippen molar-refractivity contribution >= 4 is 186 Å². The monoisotopic (exact) mass is 1960 g/mol. The fourth-order valence-electron chi connectivity index (χ4n) is 10.1. The van der Waals surface area contributed by atoms with E-state index < -0.39 is 11.0 Å². The minimum Gasteiger partial charge on any atom is -0.870 e. The Morgan fingerprint density at radius 2 is 0.739 bits per heavy atom. The van der Waals surface area contributed by atoms with Crippen LogP contribution in [0.5, 0.6) is 23.5 Å². The van der Waals surface area contributed by atoms with E-state index in [1.54, 1.807) is 26.6 Å². The Morgan fingerprint density at radius 1 is 0.437 bits per heavy atom. The van der Waals surface area contributed by atoms with E-state index in [2.05, 4.69) is 150 Å². The number of rotatable bonds is 25. The topological polar surface area (TPSA) is 469 Å². The molecule has 8 heterocycles. The molecule has 0 aliphatic heterocycles. The zero-order valence-electron chi connectivity index (χ0n) is 68.6. The van der Waals surface area contributed by atoms with Crippen molar-refractivity contribution in [3.63, 3.8) is 0 Å². The number of halogens is 8. The summed E-state index contributed by atoms with van der Waals surface area (Å²) in [4.78, 5) is 111. The molecule has 9 rings (SSSR count). The number of nitrogen functional groups attached to an aromatic ring is 3. The molecule has 32 nitrogen and oxygen atoms in total. The number of alkyl halides is 6. The Kier molecular flexibility index (Phi) is 44.7. The summed E-state index contributed by atoms with van der Waals surface area (Å²) in [6, 6.07) is 8.05. The molecule has 2 atom stereocenters. The van der Waals surface area contributed by atoms with E-state index in [4.69, 9.17) is 36.1 Å². The van der Waals surface area contributed by atoms with E-state index in [0.717, 1.165) is 48.3 Å². The van der Waals surface area contributed by atoms with Gasteiger partial charge in [-0.2, -0.15) is 46.3 Å². The van der Waals surface area contributed by atoms with Crippen molar-refractivity contribution in [2.45, 2.75) is 211 Å². The van der Waals surface area contributed by atoms with Gasteiger partial charge in [0.25, 0.3) is 0 Å². The summed E-state index contributed by atoms with van der Waals surface area (Å²) < 4.78 is 99.3. The van der Waals surface area contributed by atoms with Crippen molar-refractivity contribution in [2.24, 2.45) is 0 Å². The molecular formula is C72H93BrF6IN22NaO10S6. The molecular weight excluding hydrogens is 1870 g/mol. The van der Waals surface area contributed by atoms with Crippen LogP contribution in [0.1, 0.15) is 162 Å². The average molecular weight is 1960 g/mol. The number of nitrogens with zero attached hydrogens (tertiary/aromatic N) is 12. The molecule has 47 heteroatoms. The standard InChI is InChI=1S/C17H20BrN5O3S.C17H20IN5O3S.C16H18F3N5O2S2.C14H16F3N5OS2.C8H18N2.Na.H2O/c2*1-8(2)14-12(6-11(18)16(22-14)26-5)27-13-7-19-17(21-10(4)25)23-15(13)20-9(3)24;1-7(2)12-9(5-10(14(23-12)26-4)28-16(17,18)19)27-11-6-21-15(22-8(3)25)24-13(11)20;1-6(2)10-7(24-9-5-20-13(19)22-11(9)18)4-8(12(21-10)23-3)25-14(15,16)17;1-9-7-5-3-4-6-8(7)10-2;;/h2*6-8H,1-5H3,(H2,19,20,21,23,24,25);5-7H,1-4H3,(H3,20,21,22,24,25);4-6H,1-3H3,(H4,18,19,20,22);7-10H,3-6H2,1-2H3;;1H2/q;;;;;+1;/p-1/t;;;;7-,8-;;/m....0../s1. The molecule has 1 saturated carbocycles. The van der Waals surface area contributed by atoms with Crippen LogP contribution in [0.15, 0.2) is 102 Å². The Labute approximate surface area is 755 Å². The Bertz CT molecular complexity index is 4630. The number of methoxy groups -OCH3 is 4. The first-order valence-corrected chi connectivity index (χ1v) is 42.0. The molecule has 1 fully saturated rings. The third-order valence-corrected chi connectivity index (χ3v) is 22.2. The number of pyridine rings is 4. The fourth-order valence-corrected chi connectivity index (χ4v) is 17.4. The van der Waals surface area contributed by atoms with Gasteiger partial charge in [-0.15, -0.1) is 0 Å². The predicted molar refractivity (Wildman–Crippen MR) is 459 cm³/mol. The molecule has 1 aliphatic carbocycles. The summed E-state index contributed by atoms with van der Waals surface area (Å²) in [5, 5.41) is 19.5. The summed E-state index contributed by atoms with van der Waals surface area (Å²) >= 11 is 10.0. The van der Waals surface area contributed by atoms with Crippen molar-refractivity contribution in [3.8, 4) is 23.5 Å². The van der Waals surface area contributed by atoms with Crippen LogP contribution in [0.3, 0.4) is 0 Å². The van der Waals surface area contributed by atoms with Gasteiger partial charge in [0, 0.05) is 91.1 Å². The molecule has 8 aromatic heterocycles. The van der Waals surface area contributed by atoms with Crippen molar-refractivity contribution in [1.82, 2.24) is 70.4 Å². The van der Waals surface area contributed by atoms with E-state index in [1.165, 1.54) is 123 Å². The first-order valence-electron chi connectivity index (χ1n) is 35.3. The molecule has 0 unspecified atom stereocenters. The van der Waals surface area contributed by atoms with Gasteiger partial charge in [0.05, 0.1) is 88.6 Å². The number of carbonyl (C=O) groups is 5. The normalized spacial score (nSPS) is 12.9. The minimum absolute atomic E-state index is 0. The Morgan fingerprint density at radius 3 is 1.06 bits per heavy atom. The van der Waals surface area contributed by atoms with Crippen LogP contribution in [0, 0.1) is 3.57 Å². The van der Waals surface area contributed by atoms with Gasteiger partial charge < -0.3 is 62.9 Å². The van der Waals surface area contributed by atoms with Gasteiger partial charge in [-0.05, 0) is 137 Å². The van der Waals surface area contributed by atoms with Gasteiger partial charge in [0.1, 0.15) is 11.6 Å². The Balaban J connectivity index is 0.000000392. The SMILES string of the molecule is CN[C@H]1CCCC[C@@H]1NC.COc1nc(C(C)C)c(Sc2cnc(N)nc2N)cc1SC(F)(F)F.COc1nc(C(C)C)c(Sc2cnc(NC(C)=O)nc2N)cc1SC(F)(F)F.COc1nc(C(C)C)c(Sc2cnc(NC(C)=O)nc2NC(C)=O)cc1Br.COc1nc(C(C)C)c(Sc2cnc(NC(C)=O)nc2NC(C)=O)cc1I.[Na+].[OH-]. The van der Waals surface area contributed by atoms with Crippen LogP contribution in [0.4, 0.5) is 73.4 Å². The van der Waals surface area contributed by atoms with Crippen molar-refractivity contribution in [1.29, 1.82) is 0 Å². The molecule has 0 saturated heterocycles. The Hall–Kier alpha value is -7.36. The quantitative estimate of drug-likeness (QED) is 0.0110. The number of carbonyl (C=O) groups excluding carboxylic acids is 5. The number of hydrogen-bond acceptors (Lipinski definition) is 33. The second-order valence-electron chi connectivity index (χ2n) is 25.8. The third kappa shape index (κ3) is 34.8. The number of nitrogens with one attached hydrogen (secondary N) is 7. The second kappa shape index (κ2) is 50.3. The average Bonchev–Trinajstić information content (AvgIpc) is 0.816. The van der Waals surface area contributed by atoms with Gasteiger partial charge in [0.2, 0.25) is 76.8 Å². The molecule has 119 heavy (non-hydrogen) atoms. The van der Waals surface area contributed by atoms with Gasteiger partial charge in [-0.25, -0.2) is 39.9 Å². The summed E-state index contributed by atoms with van der Waals surface area (Å²) in [6.45, 7) is 22.5. The van der Waals surface area contributed by atoms with Crippen molar-refractivity contribution in [2.75, 3.05) is 86.3 Å². The number of amides is 5. The molecule has 1 aliphatic rings. The number of thioether (sulfide) groups is 2. The maximum Gasteiger partial charge on any atom is 1.00 e. The molecule has 8 aromatic rings. The summed E-state index contributed by atoms with van der Waals surface area (Å²) in [6.07, 6.45) is 11.4. The number of anilines is 8. The summed E-state index contributed by atoms with van der Waals surface area (Å²) in [5.74, 6) is 0.792. The van der Waals surface area contributed by atoms with E-state index in [9.17, 15) is 50.3 Å². The van der Waals surface area contributed by atoms with Gasteiger partial charge in [0.15, 0.2) is 11.6 Å². The van der Waals surface area contributed by atoms with Gasteiger partial charge in [-0.3, -0.25) is 39.9 Å². The number of aromatic nitrogens is 12. The van der Waals surface area contributed by atoms with Crippen LogP contribution in [-0.2, 0) is 24.0 Å². The first kappa shape index (κ1) is 106. The van der Waals surface area contributed by atoms with Crippen molar-refractivity contribution in [3.05, 3.63) is 79.9 Å². The smallest absolute Gasteiger partial charge is 0.870 e. The van der Waals surface area contributed by atoms with Crippen LogP contribution in [0.25, 0.3) is 0 Å².